The first-order valence-corrected chi connectivity index (χ1v) is 10.6. The monoisotopic (exact) mass is 532 g/mol. The summed E-state index contributed by atoms with van der Waals surface area (Å²) in [5, 5.41) is 6.69. The lowest BCUT2D eigenvalue weighted by Crippen LogP contribution is -2.41. The van der Waals surface area contributed by atoms with Gasteiger partial charge in [-0.25, -0.2) is 9.79 Å². The minimum Gasteiger partial charge on any atom is -0.496 e. The van der Waals surface area contributed by atoms with Crippen LogP contribution >= 0.6 is 24.0 Å². The lowest BCUT2D eigenvalue weighted by atomic mass is 10.0. The van der Waals surface area contributed by atoms with Gasteiger partial charge in [0, 0.05) is 25.7 Å². The molecule has 2 rings (SSSR count). The number of likely N-dealkylation sites (tertiary alicyclic amines) is 1. The van der Waals surface area contributed by atoms with Gasteiger partial charge in [0.05, 0.1) is 20.8 Å². The summed E-state index contributed by atoms with van der Waals surface area (Å²) >= 11 is 0. The maximum atomic E-state index is 11.9. The number of rotatable bonds is 9. The molecule has 0 radical (unpaired) electrons. The van der Waals surface area contributed by atoms with Crippen molar-refractivity contribution in [3.05, 3.63) is 29.3 Å². The van der Waals surface area contributed by atoms with Crippen molar-refractivity contribution in [1.29, 1.82) is 0 Å². The standard InChI is InChI=1S/C22H36N4O3.HI/c1-5-23-22(24-12-8-14-26-13-7-6-9-17(26)2)25-16-18-10-11-20(28-3)19(15-18)21(27)29-4;/h10-11,15,17H,5-9,12-14,16H2,1-4H3,(H2,23,24,25);1H. The minimum absolute atomic E-state index is 0. The first-order valence-electron chi connectivity index (χ1n) is 10.6. The largest absolute Gasteiger partial charge is 0.496 e. The molecular formula is C22H37IN4O3. The zero-order valence-corrected chi connectivity index (χ0v) is 21.0. The average molecular weight is 532 g/mol. The second-order valence-corrected chi connectivity index (χ2v) is 7.38. The Kier molecular flexibility index (Phi) is 12.8. The molecule has 1 fully saturated rings. The highest BCUT2D eigenvalue weighted by molar-refractivity contribution is 14.0. The number of carbonyl (C=O) groups excluding carboxylic acids is 1. The second kappa shape index (κ2) is 14.5. The number of guanidine groups is 1. The second-order valence-electron chi connectivity index (χ2n) is 7.38. The fraction of sp³-hybridized carbons (Fsp3) is 0.636. The number of halogens is 1. The highest BCUT2D eigenvalue weighted by Crippen LogP contribution is 2.21. The highest BCUT2D eigenvalue weighted by atomic mass is 127. The zero-order valence-electron chi connectivity index (χ0n) is 18.7. The first-order chi connectivity index (χ1) is 14.1. The van der Waals surface area contributed by atoms with Crippen molar-refractivity contribution in [2.45, 2.75) is 52.1 Å². The smallest absolute Gasteiger partial charge is 0.341 e. The molecule has 1 aromatic rings. The molecule has 1 aliphatic rings. The van der Waals surface area contributed by atoms with E-state index in [0.29, 0.717) is 23.9 Å². The first kappa shape index (κ1) is 26.5. The van der Waals surface area contributed by atoms with Gasteiger partial charge >= 0.3 is 5.97 Å². The summed E-state index contributed by atoms with van der Waals surface area (Å²) in [5.74, 6) is 0.876. The molecule has 1 saturated heterocycles. The maximum absolute atomic E-state index is 11.9. The van der Waals surface area contributed by atoms with E-state index >= 15 is 0 Å². The van der Waals surface area contributed by atoms with Crippen molar-refractivity contribution in [2.24, 2.45) is 4.99 Å². The van der Waals surface area contributed by atoms with E-state index in [1.54, 1.807) is 12.1 Å². The lowest BCUT2D eigenvalue weighted by molar-refractivity contribution is 0.0597. The fourth-order valence-electron chi connectivity index (χ4n) is 3.61. The van der Waals surface area contributed by atoms with Crippen molar-refractivity contribution >= 4 is 35.9 Å². The van der Waals surface area contributed by atoms with Crippen LogP contribution in [0.4, 0.5) is 0 Å². The van der Waals surface area contributed by atoms with Crippen molar-refractivity contribution in [3.8, 4) is 5.75 Å². The van der Waals surface area contributed by atoms with Crippen LogP contribution < -0.4 is 15.4 Å². The molecule has 170 valence electrons. The van der Waals surface area contributed by atoms with E-state index in [2.05, 4.69) is 34.4 Å². The molecule has 1 heterocycles. The molecule has 0 amide bonds. The van der Waals surface area contributed by atoms with Crippen LogP contribution in [0.1, 0.15) is 55.5 Å². The van der Waals surface area contributed by atoms with Gasteiger partial charge in [0.2, 0.25) is 0 Å². The van der Waals surface area contributed by atoms with Gasteiger partial charge in [-0.3, -0.25) is 0 Å². The number of hydrogen-bond acceptors (Lipinski definition) is 5. The number of esters is 1. The van der Waals surface area contributed by atoms with Gasteiger partial charge in [-0.05, 0) is 57.4 Å². The van der Waals surface area contributed by atoms with E-state index in [4.69, 9.17) is 9.47 Å². The van der Waals surface area contributed by atoms with Crippen molar-refractivity contribution in [3.63, 3.8) is 0 Å². The van der Waals surface area contributed by atoms with Crippen LogP contribution in [0, 0.1) is 0 Å². The van der Waals surface area contributed by atoms with Crippen LogP contribution in [-0.4, -0.2) is 63.3 Å². The molecule has 8 heteroatoms. The number of ether oxygens (including phenoxy) is 2. The Labute approximate surface area is 198 Å². The van der Waals surface area contributed by atoms with Crippen molar-refractivity contribution in [1.82, 2.24) is 15.5 Å². The molecule has 1 unspecified atom stereocenters. The van der Waals surface area contributed by atoms with E-state index in [1.165, 1.54) is 40.0 Å². The Morgan fingerprint density at radius 1 is 1.27 bits per heavy atom. The predicted molar refractivity (Wildman–Crippen MR) is 132 cm³/mol. The molecule has 0 bridgehead atoms. The summed E-state index contributed by atoms with van der Waals surface area (Å²) in [6.45, 7) is 8.86. The Balaban J connectivity index is 0.00000450. The van der Waals surface area contributed by atoms with Gasteiger partial charge in [-0.1, -0.05) is 12.5 Å². The van der Waals surface area contributed by atoms with Gasteiger partial charge < -0.3 is 25.0 Å². The molecule has 1 aliphatic heterocycles. The molecule has 1 atom stereocenters. The Morgan fingerprint density at radius 2 is 2.07 bits per heavy atom. The molecule has 2 N–H and O–H groups in total. The van der Waals surface area contributed by atoms with Crippen LogP contribution in [0.25, 0.3) is 0 Å². The van der Waals surface area contributed by atoms with Gasteiger partial charge in [0.25, 0.3) is 0 Å². The number of aliphatic imine (C=N–C) groups is 1. The normalized spacial score (nSPS) is 17.1. The Bertz CT molecular complexity index is 684. The Hall–Kier alpha value is -1.55. The van der Waals surface area contributed by atoms with E-state index in [9.17, 15) is 4.79 Å². The van der Waals surface area contributed by atoms with Gasteiger partial charge in [-0.2, -0.15) is 0 Å². The van der Waals surface area contributed by atoms with Crippen LogP contribution in [0.15, 0.2) is 23.2 Å². The maximum Gasteiger partial charge on any atom is 0.341 e. The van der Waals surface area contributed by atoms with E-state index in [-0.39, 0.29) is 24.0 Å². The lowest BCUT2D eigenvalue weighted by Gasteiger charge is -2.33. The molecule has 0 aliphatic carbocycles. The molecular weight excluding hydrogens is 495 g/mol. The summed E-state index contributed by atoms with van der Waals surface area (Å²) < 4.78 is 10.1. The average Bonchev–Trinajstić information content (AvgIpc) is 2.75. The minimum atomic E-state index is -0.412. The number of piperidine rings is 1. The third kappa shape index (κ3) is 8.29. The van der Waals surface area contributed by atoms with Crippen LogP contribution in [0.3, 0.4) is 0 Å². The summed E-state index contributed by atoms with van der Waals surface area (Å²) in [4.78, 5) is 19.2. The summed E-state index contributed by atoms with van der Waals surface area (Å²) in [6.07, 6.45) is 5.07. The van der Waals surface area contributed by atoms with Crippen LogP contribution in [-0.2, 0) is 11.3 Å². The Morgan fingerprint density at radius 3 is 2.73 bits per heavy atom. The number of carbonyl (C=O) groups is 1. The summed E-state index contributed by atoms with van der Waals surface area (Å²) in [5.41, 5.74) is 1.34. The van der Waals surface area contributed by atoms with E-state index < -0.39 is 5.97 Å². The van der Waals surface area contributed by atoms with Crippen molar-refractivity contribution < 1.29 is 14.3 Å². The number of methoxy groups -OCH3 is 2. The van der Waals surface area contributed by atoms with Gasteiger partial charge in [0.15, 0.2) is 5.96 Å². The third-order valence-electron chi connectivity index (χ3n) is 5.29. The van der Waals surface area contributed by atoms with Crippen LogP contribution in [0.5, 0.6) is 5.75 Å². The number of nitrogens with zero attached hydrogens (tertiary/aromatic N) is 2. The molecule has 0 spiro atoms. The molecule has 0 aromatic heterocycles. The number of hydrogen-bond donors (Lipinski definition) is 2. The zero-order chi connectivity index (χ0) is 21.1. The predicted octanol–water partition coefficient (Wildman–Crippen LogP) is 3.42. The summed E-state index contributed by atoms with van der Waals surface area (Å²) in [7, 11) is 2.90. The summed E-state index contributed by atoms with van der Waals surface area (Å²) in [6, 6.07) is 6.16. The molecule has 1 aromatic carbocycles. The quantitative estimate of drug-likeness (QED) is 0.167. The van der Waals surface area contributed by atoms with E-state index in [1.807, 2.05) is 6.07 Å². The van der Waals surface area contributed by atoms with Crippen molar-refractivity contribution in [2.75, 3.05) is 40.4 Å². The van der Waals surface area contributed by atoms with Gasteiger partial charge in [-0.15, -0.1) is 24.0 Å². The van der Waals surface area contributed by atoms with Crippen LogP contribution in [0.2, 0.25) is 0 Å². The molecule has 7 nitrogen and oxygen atoms in total. The molecule has 0 saturated carbocycles. The van der Waals surface area contributed by atoms with E-state index in [0.717, 1.165) is 37.6 Å². The highest BCUT2D eigenvalue weighted by Gasteiger charge is 2.17. The number of nitrogens with one attached hydrogen (secondary N) is 2. The van der Waals surface area contributed by atoms with Gasteiger partial charge in [0.1, 0.15) is 11.3 Å². The SMILES string of the molecule is CCNC(=NCc1ccc(OC)c(C(=O)OC)c1)NCCCN1CCCCC1C.I. The third-order valence-corrected chi connectivity index (χ3v) is 5.29. The molecule has 30 heavy (non-hydrogen) atoms. The topological polar surface area (TPSA) is 75.2 Å². The number of benzene rings is 1. The fourth-order valence-corrected chi connectivity index (χ4v) is 3.61.